The Balaban J connectivity index is 4.62. The van der Waals surface area contributed by atoms with Crippen LogP contribution in [0.15, 0.2) is 11.1 Å². The predicted octanol–water partition coefficient (Wildman–Crippen LogP) is 2.37. The summed E-state index contributed by atoms with van der Waals surface area (Å²) in [6.45, 7) is 4.03. The summed E-state index contributed by atoms with van der Waals surface area (Å²) >= 11 is 0. The minimum absolute atomic E-state index is 0.865. The first-order valence-corrected chi connectivity index (χ1v) is 3.45. The van der Waals surface area contributed by atoms with Crippen molar-refractivity contribution >= 4 is 0 Å². The monoisotopic (exact) mass is 132 g/mol. The van der Waals surface area contributed by atoms with Crippen LogP contribution in [0, 0.1) is 24.7 Å². The Morgan fingerprint density at radius 2 is 1.30 bits per heavy atom. The first-order chi connectivity index (χ1) is 4.79. The van der Waals surface area contributed by atoms with Gasteiger partial charge >= 0.3 is 0 Å². The molecule has 0 spiro atoms. The minimum atomic E-state index is 0.865. The SMILES string of the molecule is C#CC(CC)=C(C#C)CC. The highest BCUT2D eigenvalue weighted by Gasteiger charge is 1.95. The van der Waals surface area contributed by atoms with Gasteiger partial charge in [-0.25, -0.2) is 0 Å². The second-order valence-corrected chi connectivity index (χ2v) is 1.95. The van der Waals surface area contributed by atoms with Gasteiger partial charge in [0.15, 0.2) is 0 Å². The third kappa shape index (κ3) is 2.00. The van der Waals surface area contributed by atoms with Crippen LogP contribution in [0.1, 0.15) is 26.7 Å². The number of allylic oxidation sites excluding steroid dienone is 2. The average Bonchev–Trinajstić information content (AvgIpc) is 2.00. The largest absolute Gasteiger partial charge is 0.115 e. The molecule has 0 saturated heterocycles. The Morgan fingerprint density at radius 3 is 1.40 bits per heavy atom. The van der Waals surface area contributed by atoms with Crippen LogP contribution in [0.2, 0.25) is 0 Å². The smallest absolute Gasteiger partial charge is 0.0130 e. The number of hydrogen-bond donors (Lipinski definition) is 0. The van der Waals surface area contributed by atoms with Gasteiger partial charge in [-0.1, -0.05) is 25.7 Å². The summed E-state index contributed by atoms with van der Waals surface area (Å²) in [5.41, 5.74) is 1.93. The summed E-state index contributed by atoms with van der Waals surface area (Å²) in [5, 5.41) is 0. The molecule has 0 aliphatic heterocycles. The highest BCUT2D eigenvalue weighted by Crippen LogP contribution is 2.09. The van der Waals surface area contributed by atoms with Crippen molar-refractivity contribution in [3.05, 3.63) is 11.1 Å². The first kappa shape index (κ1) is 8.86. The Labute approximate surface area is 63.3 Å². The molecule has 52 valence electrons. The molecule has 0 N–H and O–H groups in total. The van der Waals surface area contributed by atoms with Crippen LogP contribution in [0.5, 0.6) is 0 Å². The fourth-order valence-electron chi connectivity index (χ4n) is 0.805. The van der Waals surface area contributed by atoms with E-state index in [-0.39, 0.29) is 0 Å². The molecule has 0 saturated carbocycles. The summed E-state index contributed by atoms with van der Waals surface area (Å²) in [6, 6.07) is 0. The lowest BCUT2D eigenvalue weighted by Gasteiger charge is -1.97. The Bertz CT molecular complexity index is 181. The van der Waals surface area contributed by atoms with Gasteiger partial charge in [0.25, 0.3) is 0 Å². The molecule has 0 heteroatoms. The molecule has 0 rings (SSSR count). The summed E-state index contributed by atoms with van der Waals surface area (Å²) in [6.07, 6.45) is 12.2. The molecule has 0 fully saturated rings. The molecule has 10 heavy (non-hydrogen) atoms. The highest BCUT2D eigenvalue weighted by atomic mass is 14.0. The molecule has 0 nitrogen and oxygen atoms in total. The van der Waals surface area contributed by atoms with E-state index in [1.54, 1.807) is 0 Å². The van der Waals surface area contributed by atoms with Crippen molar-refractivity contribution in [2.24, 2.45) is 0 Å². The average molecular weight is 132 g/mol. The fraction of sp³-hybridized carbons (Fsp3) is 0.400. The van der Waals surface area contributed by atoms with E-state index in [1.165, 1.54) is 0 Å². The molecule has 0 heterocycles. The first-order valence-electron chi connectivity index (χ1n) is 3.45. The van der Waals surface area contributed by atoms with Gasteiger partial charge in [-0.05, 0) is 12.8 Å². The summed E-state index contributed by atoms with van der Waals surface area (Å²) < 4.78 is 0. The maximum atomic E-state index is 5.23. The van der Waals surface area contributed by atoms with Crippen LogP contribution >= 0.6 is 0 Å². The van der Waals surface area contributed by atoms with Crippen molar-refractivity contribution in [1.29, 1.82) is 0 Å². The third-order valence-electron chi connectivity index (χ3n) is 1.42. The van der Waals surface area contributed by atoms with Crippen molar-refractivity contribution in [1.82, 2.24) is 0 Å². The molecular formula is C10H12. The summed E-state index contributed by atoms with van der Waals surface area (Å²) in [7, 11) is 0. The van der Waals surface area contributed by atoms with Crippen molar-refractivity contribution < 1.29 is 0 Å². The van der Waals surface area contributed by atoms with E-state index in [4.69, 9.17) is 12.8 Å². The van der Waals surface area contributed by atoms with E-state index in [9.17, 15) is 0 Å². The lowest BCUT2D eigenvalue weighted by molar-refractivity contribution is 1.07. The van der Waals surface area contributed by atoms with Gasteiger partial charge in [0, 0.05) is 11.1 Å². The van der Waals surface area contributed by atoms with Crippen LogP contribution in [0.4, 0.5) is 0 Å². The lowest BCUT2D eigenvalue weighted by Crippen LogP contribution is -1.83. The lowest BCUT2D eigenvalue weighted by atomic mass is 10.1. The summed E-state index contributed by atoms with van der Waals surface area (Å²) in [4.78, 5) is 0. The van der Waals surface area contributed by atoms with Gasteiger partial charge in [-0.2, -0.15) is 0 Å². The van der Waals surface area contributed by atoms with E-state index < -0.39 is 0 Å². The van der Waals surface area contributed by atoms with E-state index in [0.29, 0.717) is 0 Å². The standard InChI is InChI=1S/C10H12/c1-5-9(6-2)10(7-3)8-4/h1,3H,6,8H2,2,4H3. The molecular weight excluding hydrogens is 120 g/mol. The molecule has 0 unspecified atom stereocenters. The van der Waals surface area contributed by atoms with Gasteiger partial charge in [0.1, 0.15) is 0 Å². The number of rotatable bonds is 2. The van der Waals surface area contributed by atoms with Crippen LogP contribution < -0.4 is 0 Å². The molecule has 0 atom stereocenters. The summed E-state index contributed by atoms with van der Waals surface area (Å²) in [5.74, 6) is 5.18. The van der Waals surface area contributed by atoms with E-state index in [0.717, 1.165) is 24.0 Å². The molecule has 0 bridgehead atoms. The van der Waals surface area contributed by atoms with Crippen LogP contribution in [-0.2, 0) is 0 Å². The van der Waals surface area contributed by atoms with E-state index in [2.05, 4.69) is 11.8 Å². The molecule has 0 aromatic heterocycles. The van der Waals surface area contributed by atoms with Gasteiger partial charge < -0.3 is 0 Å². The van der Waals surface area contributed by atoms with Gasteiger partial charge in [0.05, 0.1) is 0 Å². The zero-order valence-corrected chi connectivity index (χ0v) is 6.57. The van der Waals surface area contributed by atoms with Crippen LogP contribution in [0.3, 0.4) is 0 Å². The Morgan fingerprint density at radius 1 is 1.00 bits per heavy atom. The normalized spacial score (nSPS) is 11.2. The highest BCUT2D eigenvalue weighted by molar-refractivity contribution is 5.40. The maximum Gasteiger partial charge on any atom is 0.0130 e. The van der Waals surface area contributed by atoms with E-state index in [1.807, 2.05) is 13.8 Å². The van der Waals surface area contributed by atoms with Gasteiger partial charge in [-0.15, -0.1) is 12.8 Å². The van der Waals surface area contributed by atoms with Gasteiger partial charge in [0.2, 0.25) is 0 Å². The third-order valence-corrected chi connectivity index (χ3v) is 1.42. The Kier molecular flexibility index (Phi) is 4.17. The number of hydrogen-bond acceptors (Lipinski definition) is 0. The molecule has 0 aromatic carbocycles. The fourth-order valence-corrected chi connectivity index (χ4v) is 0.805. The molecule has 0 aliphatic rings. The van der Waals surface area contributed by atoms with Crippen LogP contribution in [-0.4, -0.2) is 0 Å². The van der Waals surface area contributed by atoms with E-state index >= 15 is 0 Å². The number of terminal acetylenes is 2. The maximum absolute atomic E-state index is 5.23. The molecule has 0 radical (unpaired) electrons. The molecule has 0 aromatic rings. The van der Waals surface area contributed by atoms with Crippen molar-refractivity contribution in [3.63, 3.8) is 0 Å². The van der Waals surface area contributed by atoms with Gasteiger partial charge in [-0.3, -0.25) is 0 Å². The second kappa shape index (κ2) is 4.71. The predicted molar refractivity (Wildman–Crippen MR) is 45.3 cm³/mol. The minimum Gasteiger partial charge on any atom is -0.115 e. The van der Waals surface area contributed by atoms with Crippen molar-refractivity contribution in [2.75, 3.05) is 0 Å². The molecule has 0 amide bonds. The Hall–Kier alpha value is -1.14. The topological polar surface area (TPSA) is 0 Å². The van der Waals surface area contributed by atoms with Crippen LogP contribution in [0.25, 0.3) is 0 Å². The zero-order valence-electron chi connectivity index (χ0n) is 6.57. The molecule has 0 aliphatic carbocycles. The second-order valence-electron chi connectivity index (χ2n) is 1.95. The van der Waals surface area contributed by atoms with Crippen molar-refractivity contribution in [2.45, 2.75) is 26.7 Å². The quantitative estimate of drug-likeness (QED) is 0.506. The zero-order chi connectivity index (χ0) is 7.98. The van der Waals surface area contributed by atoms with Crippen molar-refractivity contribution in [3.8, 4) is 24.7 Å².